The van der Waals surface area contributed by atoms with E-state index in [0.29, 0.717) is 28.8 Å². The van der Waals surface area contributed by atoms with Gasteiger partial charge in [0.25, 0.3) is 0 Å². The molecule has 6 heteroatoms. The third-order valence-corrected chi connectivity index (χ3v) is 3.09. The zero-order valence-corrected chi connectivity index (χ0v) is 12.3. The van der Waals surface area contributed by atoms with Crippen molar-refractivity contribution in [2.45, 2.75) is 19.8 Å². The van der Waals surface area contributed by atoms with Crippen molar-refractivity contribution in [1.82, 2.24) is 0 Å². The van der Waals surface area contributed by atoms with Gasteiger partial charge in [0.2, 0.25) is 0 Å². The Labute approximate surface area is 122 Å². The number of hydrogen-bond donors (Lipinski definition) is 0. The molecule has 0 atom stereocenters. The summed E-state index contributed by atoms with van der Waals surface area (Å²) < 4.78 is 4.60. The molecule has 1 rings (SSSR count). The second-order valence-electron chi connectivity index (χ2n) is 3.66. The van der Waals surface area contributed by atoms with Crippen molar-refractivity contribution in [3.8, 4) is 0 Å². The first-order chi connectivity index (χ1) is 9.08. The second kappa shape index (κ2) is 8.02. The number of rotatable bonds is 6. The van der Waals surface area contributed by atoms with Crippen LogP contribution in [0.15, 0.2) is 23.4 Å². The van der Waals surface area contributed by atoms with E-state index in [1.54, 1.807) is 18.2 Å². The Morgan fingerprint density at radius 3 is 2.58 bits per heavy atom. The lowest BCUT2D eigenvalue weighted by molar-refractivity contribution is -0.140. The van der Waals surface area contributed by atoms with Gasteiger partial charge in [-0.25, -0.2) is 0 Å². The molecule has 0 aliphatic heterocycles. The Bertz CT molecular complexity index is 475. The molecular formula is C13H15Cl2NO3. The van der Waals surface area contributed by atoms with Crippen molar-refractivity contribution in [2.75, 3.05) is 13.7 Å². The van der Waals surface area contributed by atoms with Crippen LogP contribution in [0.2, 0.25) is 10.0 Å². The van der Waals surface area contributed by atoms with Crippen molar-refractivity contribution < 1.29 is 14.4 Å². The molecule has 104 valence electrons. The van der Waals surface area contributed by atoms with Gasteiger partial charge >= 0.3 is 5.97 Å². The summed E-state index contributed by atoms with van der Waals surface area (Å²) in [6, 6.07) is 5.15. The van der Waals surface area contributed by atoms with Crippen LogP contribution in [-0.4, -0.2) is 25.4 Å². The summed E-state index contributed by atoms with van der Waals surface area (Å²) in [6.45, 7) is 2.28. The molecule has 0 N–H and O–H groups in total. The molecule has 0 saturated heterocycles. The van der Waals surface area contributed by atoms with Crippen molar-refractivity contribution in [3.05, 3.63) is 33.8 Å². The molecule has 0 bridgehead atoms. The molecule has 1 aromatic rings. The molecule has 0 aromatic heterocycles. The third-order valence-electron chi connectivity index (χ3n) is 2.35. The summed E-state index contributed by atoms with van der Waals surface area (Å²) in [5.41, 5.74) is 1.40. The van der Waals surface area contributed by atoms with E-state index in [9.17, 15) is 4.79 Å². The molecule has 0 spiro atoms. The molecule has 0 aliphatic rings. The summed E-state index contributed by atoms with van der Waals surface area (Å²) in [6.07, 6.45) is 0.632. The van der Waals surface area contributed by atoms with Crippen LogP contribution >= 0.6 is 23.2 Å². The van der Waals surface area contributed by atoms with Gasteiger partial charge in [0.15, 0.2) is 0 Å². The number of hydrogen-bond acceptors (Lipinski definition) is 4. The second-order valence-corrected chi connectivity index (χ2v) is 4.48. The van der Waals surface area contributed by atoms with Crippen LogP contribution in [0.1, 0.15) is 25.3 Å². The summed E-state index contributed by atoms with van der Waals surface area (Å²) in [5, 5.41) is 4.90. The lowest BCUT2D eigenvalue weighted by Gasteiger charge is -2.07. The molecule has 0 radical (unpaired) electrons. The normalized spacial score (nSPS) is 11.3. The van der Waals surface area contributed by atoms with Crippen LogP contribution in [-0.2, 0) is 14.4 Å². The summed E-state index contributed by atoms with van der Waals surface area (Å²) in [5.74, 6) is -0.302. The van der Waals surface area contributed by atoms with Gasteiger partial charge in [-0.2, -0.15) is 0 Å². The number of benzene rings is 1. The number of carbonyl (C=O) groups excluding carboxylic acids is 1. The van der Waals surface area contributed by atoms with Crippen LogP contribution in [0.5, 0.6) is 0 Å². The first kappa shape index (κ1) is 15.8. The van der Waals surface area contributed by atoms with Crippen LogP contribution in [0.25, 0.3) is 0 Å². The number of nitrogens with zero attached hydrogens (tertiary/aromatic N) is 1. The van der Waals surface area contributed by atoms with Crippen molar-refractivity contribution in [3.63, 3.8) is 0 Å². The van der Waals surface area contributed by atoms with E-state index >= 15 is 0 Å². The molecular weight excluding hydrogens is 289 g/mol. The molecule has 4 nitrogen and oxygen atoms in total. The number of oxime groups is 1. The Morgan fingerprint density at radius 2 is 2.00 bits per heavy atom. The third kappa shape index (κ3) is 5.09. The van der Waals surface area contributed by atoms with Crippen molar-refractivity contribution in [1.29, 1.82) is 0 Å². The Kier molecular flexibility index (Phi) is 6.67. The first-order valence-electron chi connectivity index (χ1n) is 5.79. The maximum absolute atomic E-state index is 11.2. The van der Waals surface area contributed by atoms with E-state index in [0.717, 1.165) is 5.56 Å². The number of carbonyl (C=O) groups is 1. The van der Waals surface area contributed by atoms with Gasteiger partial charge in [0, 0.05) is 12.0 Å². The van der Waals surface area contributed by atoms with E-state index < -0.39 is 0 Å². The zero-order valence-electron chi connectivity index (χ0n) is 10.8. The van der Waals surface area contributed by atoms with Gasteiger partial charge in [-0.05, 0) is 19.1 Å². The smallest absolute Gasteiger partial charge is 0.305 e. The number of halogens is 2. The molecule has 19 heavy (non-hydrogen) atoms. The molecule has 0 amide bonds. The monoisotopic (exact) mass is 303 g/mol. The molecule has 0 fully saturated rings. The average molecular weight is 304 g/mol. The maximum atomic E-state index is 11.2. The molecule has 1 aromatic carbocycles. The first-order valence-corrected chi connectivity index (χ1v) is 6.55. The Balaban J connectivity index is 2.89. The zero-order chi connectivity index (χ0) is 14.3. The average Bonchev–Trinajstić information content (AvgIpc) is 2.42. The van der Waals surface area contributed by atoms with Gasteiger partial charge in [-0.1, -0.05) is 34.4 Å². The van der Waals surface area contributed by atoms with Crippen LogP contribution in [0.3, 0.4) is 0 Å². The number of esters is 1. The van der Waals surface area contributed by atoms with Gasteiger partial charge in [0.05, 0.1) is 29.3 Å². The lowest BCUT2D eigenvalue weighted by atomic mass is 10.1. The van der Waals surface area contributed by atoms with E-state index in [1.165, 1.54) is 7.11 Å². The minimum atomic E-state index is -0.302. The largest absolute Gasteiger partial charge is 0.469 e. The minimum Gasteiger partial charge on any atom is -0.469 e. The lowest BCUT2D eigenvalue weighted by Crippen LogP contribution is -2.08. The molecule has 0 aliphatic carbocycles. The van der Waals surface area contributed by atoms with E-state index in [1.807, 2.05) is 6.92 Å². The van der Waals surface area contributed by atoms with Gasteiger partial charge in [0.1, 0.15) is 6.61 Å². The minimum absolute atomic E-state index is 0.225. The highest BCUT2D eigenvalue weighted by Crippen LogP contribution is 2.23. The highest BCUT2D eigenvalue weighted by atomic mass is 35.5. The Hall–Kier alpha value is -1.26. The topological polar surface area (TPSA) is 47.9 Å². The fourth-order valence-corrected chi connectivity index (χ4v) is 1.68. The van der Waals surface area contributed by atoms with Crippen LogP contribution in [0, 0.1) is 0 Å². The van der Waals surface area contributed by atoms with Gasteiger partial charge < -0.3 is 9.57 Å². The van der Waals surface area contributed by atoms with Crippen LogP contribution < -0.4 is 0 Å². The fourth-order valence-electron chi connectivity index (χ4n) is 1.38. The quantitative estimate of drug-likeness (QED) is 0.457. The van der Waals surface area contributed by atoms with E-state index in [4.69, 9.17) is 28.0 Å². The highest BCUT2D eigenvalue weighted by Gasteiger charge is 2.10. The molecule has 0 unspecified atom stereocenters. The standard InChI is InChI=1S/C13H15Cl2NO3/c1-3-19-16-12(6-7-13(17)18-2)9-4-5-10(14)11(15)8-9/h4-5,8H,3,6-7H2,1-2H3/b16-12+. The van der Waals surface area contributed by atoms with Crippen molar-refractivity contribution in [2.24, 2.45) is 5.16 Å². The predicted molar refractivity (Wildman–Crippen MR) is 75.9 cm³/mol. The fraction of sp³-hybridized carbons (Fsp3) is 0.385. The SMILES string of the molecule is CCO/N=C(\CCC(=O)OC)c1ccc(Cl)c(Cl)c1. The van der Waals surface area contributed by atoms with Gasteiger partial charge in [-0.3, -0.25) is 4.79 Å². The maximum Gasteiger partial charge on any atom is 0.305 e. The summed E-state index contributed by atoms with van der Waals surface area (Å²) >= 11 is 11.8. The van der Waals surface area contributed by atoms with E-state index in [-0.39, 0.29) is 12.4 Å². The Morgan fingerprint density at radius 1 is 1.26 bits per heavy atom. The summed E-state index contributed by atoms with van der Waals surface area (Å²) in [7, 11) is 1.35. The predicted octanol–water partition coefficient (Wildman–Crippen LogP) is 3.69. The van der Waals surface area contributed by atoms with E-state index in [2.05, 4.69) is 9.89 Å². The molecule has 0 heterocycles. The number of methoxy groups -OCH3 is 1. The molecule has 0 saturated carbocycles. The van der Waals surface area contributed by atoms with Gasteiger partial charge in [-0.15, -0.1) is 0 Å². The number of ether oxygens (including phenoxy) is 1. The highest BCUT2D eigenvalue weighted by molar-refractivity contribution is 6.42. The van der Waals surface area contributed by atoms with Crippen LogP contribution in [0.4, 0.5) is 0 Å². The summed E-state index contributed by atoms with van der Waals surface area (Å²) in [4.78, 5) is 16.2. The van der Waals surface area contributed by atoms with Crippen molar-refractivity contribution >= 4 is 34.9 Å².